The van der Waals surface area contributed by atoms with Gasteiger partial charge >= 0.3 is 0 Å². The molecule has 0 saturated heterocycles. The molecule has 0 aliphatic carbocycles. The molecular formula is C16H24O2. The predicted octanol–water partition coefficient (Wildman–Crippen LogP) is 3.68. The van der Waals surface area contributed by atoms with Crippen LogP contribution < -0.4 is 4.74 Å². The minimum atomic E-state index is -0.0634. The molecule has 0 aromatic heterocycles. The van der Waals surface area contributed by atoms with E-state index >= 15 is 0 Å². The lowest BCUT2D eigenvalue weighted by Crippen LogP contribution is -2.14. The Labute approximate surface area is 110 Å². The van der Waals surface area contributed by atoms with Crippen molar-refractivity contribution in [2.45, 2.75) is 33.6 Å². The summed E-state index contributed by atoms with van der Waals surface area (Å²) in [6.07, 6.45) is 6.05. The lowest BCUT2D eigenvalue weighted by atomic mass is 9.90. The molecule has 0 amide bonds. The van der Waals surface area contributed by atoms with Gasteiger partial charge in [-0.2, -0.15) is 0 Å². The van der Waals surface area contributed by atoms with Crippen LogP contribution in [0.15, 0.2) is 24.3 Å². The van der Waals surface area contributed by atoms with Crippen molar-refractivity contribution in [1.29, 1.82) is 0 Å². The molecule has 0 bridgehead atoms. The molecule has 0 heterocycles. The number of rotatable bonds is 6. The van der Waals surface area contributed by atoms with E-state index in [1.54, 1.807) is 7.11 Å². The molecule has 1 N–H and O–H groups in total. The van der Waals surface area contributed by atoms with Crippen LogP contribution in [0.3, 0.4) is 0 Å². The highest BCUT2D eigenvalue weighted by Gasteiger charge is 2.13. The van der Waals surface area contributed by atoms with Crippen molar-refractivity contribution < 1.29 is 9.84 Å². The Morgan fingerprint density at radius 2 is 2.06 bits per heavy atom. The molecule has 0 spiro atoms. The van der Waals surface area contributed by atoms with Crippen molar-refractivity contribution in [3.8, 4) is 5.75 Å². The first kappa shape index (κ1) is 14.8. The summed E-state index contributed by atoms with van der Waals surface area (Å²) in [5, 5.41) is 9.22. The molecule has 100 valence electrons. The zero-order chi connectivity index (χ0) is 13.6. The summed E-state index contributed by atoms with van der Waals surface area (Å²) in [6.45, 7) is 6.45. The first-order valence-corrected chi connectivity index (χ1v) is 6.46. The van der Waals surface area contributed by atoms with Crippen LogP contribution in [0.2, 0.25) is 0 Å². The van der Waals surface area contributed by atoms with Gasteiger partial charge in [-0.15, -0.1) is 0 Å². The third-order valence-corrected chi connectivity index (χ3v) is 3.10. The number of aryl methyl sites for hydroxylation is 1. The van der Waals surface area contributed by atoms with E-state index in [0.29, 0.717) is 0 Å². The standard InChI is InChI=1S/C16H24O2/c1-5-13-8-9-15(18-4)14(11-13)7-6-10-16(2,3)12-17/h6-9,11,17H,5,10,12H2,1-4H3/b7-6+. The second-order valence-electron chi connectivity index (χ2n) is 5.36. The van der Waals surface area contributed by atoms with Gasteiger partial charge in [-0.25, -0.2) is 0 Å². The van der Waals surface area contributed by atoms with Crippen LogP contribution in [0.5, 0.6) is 5.75 Å². The van der Waals surface area contributed by atoms with Gasteiger partial charge in [-0.05, 0) is 36.0 Å². The third kappa shape index (κ3) is 4.19. The molecule has 18 heavy (non-hydrogen) atoms. The van der Waals surface area contributed by atoms with Crippen LogP contribution in [-0.2, 0) is 6.42 Å². The lowest BCUT2D eigenvalue weighted by molar-refractivity contribution is 0.162. The van der Waals surface area contributed by atoms with Gasteiger partial charge in [0.1, 0.15) is 5.75 Å². The highest BCUT2D eigenvalue weighted by atomic mass is 16.5. The number of hydrogen-bond donors (Lipinski definition) is 1. The van der Waals surface area contributed by atoms with Gasteiger partial charge in [0, 0.05) is 12.2 Å². The molecule has 0 aliphatic heterocycles. The molecule has 0 aliphatic rings. The predicted molar refractivity (Wildman–Crippen MR) is 76.9 cm³/mol. The van der Waals surface area contributed by atoms with Crippen LogP contribution in [0.1, 0.15) is 38.3 Å². The van der Waals surface area contributed by atoms with Crippen molar-refractivity contribution in [2.75, 3.05) is 13.7 Å². The lowest BCUT2D eigenvalue weighted by Gasteiger charge is -2.18. The Morgan fingerprint density at radius 1 is 1.33 bits per heavy atom. The molecule has 0 saturated carbocycles. The number of benzene rings is 1. The topological polar surface area (TPSA) is 29.5 Å². The van der Waals surface area contributed by atoms with Crippen LogP contribution in [0, 0.1) is 5.41 Å². The quantitative estimate of drug-likeness (QED) is 0.832. The monoisotopic (exact) mass is 248 g/mol. The fourth-order valence-electron chi connectivity index (χ4n) is 1.70. The van der Waals surface area contributed by atoms with E-state index in [9.17, 15) is 5.11 Å². The van der Waals surface area contributed by atoms with Crippen molar-refractivity contribution >= 4 is 6.08 Å². The number of methoxy groups -OCH3 is 1. The summed E-state index contributed by atoms with van der Waals surface area (Å²) in [6, 6.07) is 6.25. The van der Waals surface area contributed by atoms with Gasteiger partial charge in [-0.3, -0.25) is 0 Å². The summed E-state index contributed by atoms with van der Waals surface area (Å²) >= 11 is 0. The summed E-state index contributed by atoms with van der Waals surface area (Å²) in [4.78, 5) is 0. The van der Waals surface area contributed by atoms with Gasteiger partial charge in [0.05, 0.1) is 7.11 Å². The maximum Gasteiger partial charge on any atom is 0.126 e. The average Bonchev–Trinajstić information content (AvgIpc) is 2.38. The molecular weight excluding hydrogens is 224 g/mol. The van der Waals surface area contributed by atoms with E-state index in [2.05, 4.69) is 45.1 Å². The van der Waals surface area contributed by atoms with Crippen LogP contribution in [-0.4, -0.2) is 18.8 Å². The highest BCUT2D eigenvalue weighted by molar-refractivity contribution is 5.58. The minimum absolute atomic E-state index is 0.0634. The molecule has 1 aromatic rings. The fourth-order valence-corrected chi connectivity index (χ4v) is 1.70. The van der Waals surface area contributed by atoms with Crippen LogP contribution in [0.25, 0.3) is 6.08 Å². The van der Waals surface area contributed by atoms with Gasteiger partial charge < -0.3 is 9.84 Å². The first-order chi connectivity index (χ1) is 8.52. The zero-order valence-electron chi connectivity index (χ0n) is 11.9. The van der Waals surface area contributed by atoms with Crippen molar-refractivity contribution in [1.82, 2.24) is 0 Å². The summed E-state index contributed by atoms with van der Waals surface area (Å²) in [5.74, 6) is 0.894. The summed E-state index contributed by atoms with van der Waals surface area (Å²) in [5.41, 5.74) is 2.34. The molecule has 0 radical (unpaired) electrons. The van der Waals surface area contributed by atoms with Crippen molar-refractivity contribution in [3.63, 3.8) is 0 Å². The largest absolute Gasteiger partial charge is 0.496 e. The van der Waals surface area contributed by atoms with Gasteiger partial charge in [0.25, 0.3) is 0 Å². The summed E-state index contributed by atoms with van der Waals surface area (Å²) in [7, 11) is 1.69. The van der Waals surface area contributed by atoms with E-state index in [1.165, 1.54) is 5.56 Å². The Morgan fingerprint density at radius 3 is 2.61 bits per heavy atom. The molecule has 1 rings (SSSR count). The second-order valence-corrected chi connectivity index (χ2v) is 5.36. The van der Waals surface area contributed by atoms with E-state index in [0.717, 1.165) is 24.2 Å². The normalized spacial score (nSPS) is 12.1. The molecule has 1 aromatic carbocycles. The number of allylic oxidation sites excluding steroid dienone is 1. The Balaban J connectivity index is 2.85. The second kappa shape index (κ2) is 6.60. The van der Waals surface area contributed by atoms with Gasteiger partial charge in [-0.1, -0.05) is 39.0 Å². The number of ether oxygens (including phenoxy) is 1. The maximum absolute atomic E-state index is 9.22. The Kier molecular flexibility index (Phi) is 5.42. The van der Waals surface area contributed by atoms with Gasteiger partial charge in [0.2, 0.25) is 0 Å². The number of aliphatic hydroxyl groups is 1. The minimum Gasteiger partial charge on any atom is -0.496 e. The third-order valence-electron chi connectivity index (χ3n) is 3.10. The van der Waals surface area contributed by atoms with Crippen molar-refractivity contribution in [2.24, 2.45) is 5.41 Å². The van der Waals surface area contributed by atoms with E-state index in [-0.39, 0.29) is 12.0 Å². The SMILES string of the molecule is CCc1ccc(OC)c(/C=C/CC(C)(C)CO)c1. The van der Waals surface area contributed by atoms with Crippen molar-refractivity contribution in [3.05, 3.63) is 35.4 Å². The Hall–Kier alpha value is -1.28. The molecule has 0 fully saturated rings. The van der Waals surface area contributed by atoms with E-state index in [1.807, 2.05) is 6.07 Å². The molecule has 0 atom stereocenters. The van der Waals surface area contributed by atoms with Crippen LogP contribution >= 0.6 is 0 Å². The highest BCUT2D eigenvalue weighted by Crippen LogP contribution is 2.24. The summed E-state index contributed by atoms with van der Waals surface area (Å²) < 4.78 is 5.35. The number of aliphatic hydroxyl groups excluding tert-OH is 1. The number of hydrogen-bond acceptors (Lipinski definition) is 2. The molecule has 2 nitrogen and oxygen atoms in total. The van der Waals surface area contributed by atoms with Gasteiger partial charge in [0.15, 0.2) is 0 Å². The smallest absolute Gasteiger partial charge is 0.126 e. The zero-order valence-corrected chi connectivity index (χ0v) is 11.9. The Bertz CT molecular complexity index is 406. The maximum atomic E-state index is 9.22. The van der Waals surface area contributed by atoms with E-state index in [4.69, 9.17) is 4.74 Å². The fraction of sp³-hybridized carbons (Fsp3) is 0.500. The molecule has 0 unspecified atom stereocenters. The van der Waals surface area contributed by atoms with E-state index < -0.39 is 0 Å². The van der Waals surface area contributed by atoms with Crippen LogP contribution in [0.4, 0.5) is 0 Å². The molecule has 2 heteroatoms. The average molecular weight is 248 g/mol. The first-order valence-electron chi connectivity index (χ1n) is 6.46.